The van der Waals surface area contributed by atoms with Crippen molar-refractivity contribution in [2.75, 3.05) is 20.6 Å². The van der Waals surface area contributed by atoms with E-state index in [9.17, 15) is 9.18 Å². The van der Waals surface area contributed by atoms with Gasteiger partial charge in [0.2, 0.25) is 0 Å². The van der Waals surface area contributed by atoms with Crippen molar-refractivity contribution in [3.05, 3.63) is 53.2 Å². The number of piperidine rings is 1. The molecule has 1 N–H and O–H groups in total. The molecule has 0 saturated carbocycles. The van der Waals surface area contributed by atoms with Crippen LogP contribution in [0.25, 0.3) is 10.9 Å². The van der Waals surface area contributed by atoms with Crippen molar-refractivity contribution in [1.29, 1.82) is 0 Å². The van der Waals surface area contributed by atoms with Crippen LogP contribution in [0.5, 0.6) is 0 Å². The lowest BCUT2D eigenvalue weighted by molar-refractivity contribution is 0.0600. The summed E-state index contributed by atoms with van der Waals surface area (Å²) in [7, 11) is 6.01. The standard InChI is InChI=1S/C21H26FN5O/c1-25(2)13-16-12-18(24-26(16)3)20-6-4-5-9-27(20)21(28)19-11-14-10-15(22)7-8-17(14)23-19/h7-8,10-12,20,23H,4-6,9,13H2,1-3H3/t20-/m0/s1. The largest absolute Gasteiger partial charge is 0.351 e. The van der Waals surface area contributed by atoms with E-state index in [1.807, 2.05) is 30.7 Å². The van der Waals surface area contributed by atoms with Crippen LogP contribution in [0.15, 0.2) is 30.3 Å². The fraction of sp³-hybridized carbons (Fsp3) is 0.429. The predicted molar refractivity (Wildman–Crippen MR) is 106 cm³/mol. The van der Waals surface area contributed by atoms with Crippen molar-refractivity contribution in [2.24, 2.45) is 7.05 Å². The molecule has 1 amide bonds. The smallest absolute Gasteiger partial charge is 0.270 e. The average molecular weight is 383 g/mol. The van der Waals surface area contributed by atoms with E-state index >= 15 is 0 Å². The van der Waals surface area contributed by atoms with Gasteiger partial charge in [-0.1, -0.05) is 0 Å². The first-order valence-electron chi connectivity index (χ1n) is 9.69. The number of H-pyrrole nitrogens is 1. The number of hydrogen-bond donors (Lipinski definition) is 1. The third kappa shape index (κ3) is 3.54. The maximum absolute atomic E-state index is 13.5. The first-order valence-corrected chi connectivity index (χ1v) is 9.69. The molecule has 1 aliphatic rings. The highest BCUT2D eigenvalue weighted by Crippen LogP contribution is 2.32. The number of fused-ring (bicyclic) bond motifs is 1. The summed E-state index contributed by atoms with van der Waals surface area (Å²) in [5, 5.41) is 5.42. The highest BCUT2D eigenvalue weighted by atomic mass is 19.1. The normalized spacial score (nSPS) is 17.6. The zero-order chi connectivity index (χ0) is 19.8. The molecule has 1 fully saturated rings. The summed E-state index contributed by atoms with van der Waals surface area (Å²) in [6, 6.07) is 8.33. The number of carbonyl (C=O) groups excluding carboxylic acids is 1. The molecule has 7 heteroatoms. The Labute approximate surface area is 163 Å². The molecule has 0 unspecified atom stereocenters. The van der Waals surface area contributed by atoms with E-state index in [0.29, 0.717) is 17.6 Å². The van der Waals surface area contributed by atoms with E-state index in [1.165, 1.54) is 12.1 Å². The second kappa shape index (κ2) is 7.39. The number of aromatic nitrogens is 3. The molecule has 3 heterocycles. The highest BCUT2D eigenvalue weighted by Gasteiger charge is 2.31. The molecule has 28 heavy (non-hydrogen) atoms. The number of rotatable bonds is 4. The maximum atomic E-state index is 13.5. The Morgan fingerprint density at radius 3 is 2.89 bits per heavy atom. The number of hydrogen-bond acceptors (Lipinski definition) is 3. The third-order valence-electron chi connectivity index (χ3n) is 5.39. The minimum atomic E-state index is -0.303. The van der Waals surface area contributed by atoms with Crippen LogP contribution in [-0.2, 0) is 13.6 Å². The van der Waals surface area contributed by atoms with Gasteiger partial charge in [0, 0.05) is 31.0 Å². The molecular weight excluding hydrogens is 357 g/mol. The van der Waals surface area contributed by atoms with E-state index in [0.717, 1.165) is 42.7 Å². The van der Waals surface area contributed by atoms with Gasteiger partial charge in [-0.2, -0.15) is 5.10 Å². The quantitative estimate of drug-likeness (QED) is 0.751. The molecule has 1 atom stereocenters. The van der Waals surface area contributed by atoms with Crippen molar-refractivity contribution in [2.45, 2.75) is 31.8 Å². The summed E-state index contributed by atoms with van der Waals surface area (Å²) in [5.41, 5.74) is 3.33. The molecule has 2 aromatic heterocycles. The number of aromatic amines is 1. The zero-order valence-corrected chi connectivity index (χ0v) is 16.6. The Bertz CT molecular complexity index is 1010. The molecule has 148 valence electrons. The monoisotopic (exact) mass is 383 g/mol. The maximum Gasteiger partial charge on any atom is 0.270 e. The molecule has 6 nitrogen and oxygen atoms in total. The highest BCUT2D eigenvalue weighted by molar-refractivity contribution is 5.98. The molecule has 0 bridgehead atoms. The fourth-order valence-corrected chi connectivity index (χ4v) is 4.02. The average Bonchev–Trinajstić information content (AvgIpc) is 3.24. The van der Waals surface area contributed by atoms with Gasteiger partial charge in [-0.05, 0) is 63.7 Å². The first-order chi connectivity index (χ1) is 13.4. The lowest BCUT2D eigenvalue weighted by Gasteiger charge is -2.34. The van der Waals surface area contributed by atoms with Gasteiger partial charge in [0.25, 0.3) is 5.91 Å². The van der Waals surface area contributed by atoms with E-state index in [-0.39, 0.29) is 17.8 Å². The minimum absolute atomic E-state index is 0.0356. The number of carbonyl (C=O) groups is 1. The number of nitrogens with zero attached hydrogens (tertiary/aromatic N) is 4. The van der Waals surface area contributed by atoms with Gasteiger partial charge < -0.3 is 14.8 Å². The third-order valence-corrected chi connectivity index (χ3v) is 5.39. The molecular formula is C21H26FN5O. The van der Waals surface area contributed by atoms with Crippen molar-refractivity contribution < 1.29 is 9.18 Å². The first kappa shape index (κ1) is 18.7. The van der Waals surface area contributed by atoms with Crippen LogP contribution in [0.2, 0.25) is 0 Å². The lowest BCUT2D eigenvalue weighted by atomic mass is 9.98. The minimum Gasteiger partial charge on any atom is -0.351 e. The summed E-state index contributed by atoms with van der Waals surface area (Å²) in [5.74, 6) is -0.357. The van der Waals surface area contributed by atoms with Gasteiger partial charge in [0.15, 0.2) is 0 Å². The van der Waals surface area contributed by atoms with Gasteiger partial charge in [-0.3, -0.25) is 9.48 Å². The van der Waals surface area contributed by atoms with Crippen molar-refractivity contribution in [3.8, 4) is 0 Å². The topological polar surface area (TPSA) is 57.2 Å². The number of benzene rings is 1. The Hall–Kier alpha value is -2.67. The Morgan fingerprint density at radius 1 is 1.29 bits per heavy atom. The molecule has 0 radical (unpaired) electrons. The fourth-order valence-electron chi connectivity index (χ4n) is 4.02. The van der Waals surface area contributed by atoms with Crippen LogP contribution < -0.4 is 0 Å². The van der Waals surface area contributed by atoms with Crippen molar-refractivity contribution in [3.63, 3.8) is 0 Å². The number of likely N-dealkylation sites (tertiary alicyclic amines) is 1. The summed E-state index contributed by atoms with van der Waals surface area (Å²) < 4.78 is 15.4. The Kier molecular flexibility index (Phi) is 4.93. The summed E-state index contributed by atoms with van der Waals surface area (Å²) in [6.07, 6.45) is 2.96. The van der Waals surface area contributed by atoms with Crippen molar-refractivity contribution in [1.82, 2.24) is 24.6 Å². The van der Waals surface area contributed by atoms with Crippen LogP contribution in [0.1, 0.15) is 47.2 Å². The van der Waals surface area contributed by atoms with Crippen molar-refractivity contribution >= 4 is 16.8 Å². The molecule has 1 saturated heterocycles. The predicted octanol–water partition coefficient (Wildman–Crippen LogP) is 3.47. The van der Waals surface area contributed by atoms with E-state index in [2.05, 4.69) is 16.0 Å². The lowest BCUT2D eigenvalue weighted by Crippen LogP contribution is -2.38. The summed E-state index contributed by atoms with van der Waals surface area (Å²) in [4.78, 5) is 20.4. The van der Waals surface area contributed by atoms with Crippen LogP contribution in [0.3, 0.4) is 0 Å². The Balaban J connectivity index is 1.63. The molecule has 1 aromatic carbocycles. The van der Waals surface area contributed by atoms with E-state index < -0.39 is 0 Å². The second-order valence-corrected chi connectivity index (χ2v) is 7.85. The molecule has 0 spiro atoms. The second-order valence-electron chi connectivity index (χ2n) is 7.85. The molecule has 4 rings (SSSR count). The molecule has 0 aliphatic carbocycles. The Morgan fingerprint density at radius 2 is 2.11 bits per heavy atom. The zero-order valence-electron chi connectivity index (χ0n) is 16.6. The van der Waals surface area contributed by atoms with E-state index in [4.69, 9.17) is 5.10 Å². The van der Waals surface area contributed by atoms with Gasteiger partial charge in [-0.15, -0.1) is 0 Å². The molecule has 3 aromatic rings. The van der Waals surface area contributed by atoms with Crippen LogP contribution >= 0.6 is 0 Å². The summed E-state index contributed by atoms with van der Waals surface area (Å²) in [6.45, 7) is 1.50. The van der Waals surface area contributed by atoms with Gasteiger partial charge in [0.05, 0.1) is 17.4 Å². The summed E-state index contributed by atoms with van der Waals surface area (Å²) >= 11 is 0. The number of aryl methyl sites for hydroxylation is 1. The van der Waals surface area contributed by atoms with Gasteiger partial charge in [0.1, 0.15) is 11.5 Å². The molecule has 1 aliphatic heterocycles. The SMILES string of the molecule is CN(C)Cc1cc([C@@H]2CCCCN2C(=O)c2cc3cc(F)ccc3[nH]2)nn1C. The number of nitrogens with one attached hydrogen (secondary N) is 1. The number of halogens is 1. The van der Waals surface area contributed by atoms with Crippen LogP contribution in [0, 0.1) is 5.82 Å². The van der Waals surface area contributed by atoms with Gasteiger partial charge >= 0.3 is 0 Å². The van der Waals surface area contributed by atoms with Gasteiger partial charge in [-0.25, -0.2) is 4.39 Å². The van der Waals surface area contributed by atoms with E-state index in [1.54, 1.807) is 12.1 Å². The van der Waals surface area contributed by atoms with Crippen LogP contribution in [-0.4, -0.2) is 51.1 Å². The van der Waals surface area contributed by atoms with Crippen LogP contribution in [0.4, 0.5) is 4.39 Å². The number of amides is 1.